The fraction of sp³-hybridized carbons (Fsp3) is 0.947. The molecule has 11 heteroatoms. The number of aliphatic hydroxyl groups excluding tert-OH is 2. The molecule has 1 unspecified atom stereocenters. The van der Waals surface area contributed by atoms with Gasteiger partial charge in [-0.25, -0.2) is 4.57 Å². The van der Waals surface area contributed by atoms with Crippen molar-refractivity contribution in [3.05, 3.63) is 0 Å². The lowest BCUT2D eigenvalue weighted by atomic mass is 10.0. The SMILES string of the molecule is CCCCCCCCCCCCCCCCCCCCCCCCCCCCCC(=O)OC[C@H](COP(=O)(O)OC[C@@H](O)CO)OC(C)=O. The number of aliphatic hydroxyl groups is 2. The first-order valence-corrected chi connectivity index (χ1v) is 21.4. The first kappa shape index (κ1) is 48.0. The van der Waals surface area contributed by atoms with E-state index < -0.39 is 51.8 Å². The van der Waals surface area contributed by atoms with E-state index in [9.17, 15) is 24.2 Å². The second-order valence-corrected chi connectivity index (χ2v) is 15.2. The van der Waals surface area contributed by atoms with E-state index in [-0.39, 0.29) is 13.0 Å². The Balaban J connectivity index is 3.53. The smallest absolute Gasteiger partial charge is 0.462 e. The van der Waals surface area contributed by atoms with Crippen LogP contribution in [0, 0.1) is 0 Å². The average Bonchev–Trinajstić information content (AvgIpc) is 3.07. The third-order valence-electron chi connectivity index (χ3n) is 8.81. The van der Waals surface area contributed by atoms with Gasteiger partial charge in [0.05, 0.1) is 19.8 Å². The minimum absolute atomic E-state index is 0.244. The summed E-state index contributed by atoms with van der Waals surface area (Å²) in [5.41, 5.74) is 0. The summed E-state index contributed by atoms with van der Waals surface area (Å²) >= 11 is 0. The van der Waals surface area contributed by atoms with Crippen molar-refractivity contribution in [1.82, 2.24) is 0 Å². The minimum Gasteiger partial charge on any atom is -0.462 e. The number of phosphoric acid groups is 1. The van der Waals surface area contributed by atoms with Crippen LogP contribution in [0.2, 0.25) is 0 Å². The molecule has 0 bridgehead atoms. The lowest BCUT2D eigenvalue weighted by Crippen LogP contribution is -2.29. The third kappa shape index (κ3) is 36.6. The van der Waals surface area contributed by atoms with Crippen LogP contribution in [-0.4, -0.2) is 65.7 Å². The third-order valence-corrected chi connectivity index (χ3v) is 9.76. The molecule has 0 aromatic rings. The molecule has 0 rings (SSSR count). The van der Waals surface area contributed by atoms with E-state index in [1.54, 1.807) is 0 Å². The highest BCUT2D eigenvalue weighted by Crippen LogP contribution is 2.43. The fourth-order valence-corrected chi connectivity index (χ4v) is 6.61. The minimum atomic E-state index is -4.56. The highest BCUT2D eigenvalue weighted by atomic mass is 31.2. The van der Waals surface area contributed by atoms with Gasteiger partial charge in [0.1, 0.15) is 12.7 Å². The van der Waals surface area contributed by atoms with Crippen molar-refractivity contribution < 1.29 is 47.8 Å². The summed E-state index contributed by atoms with van der Waals surface area (Å²) in [6, 6.07) is 0. The first-order chi connectivity index (χ1) is 23.7. The molecule has 3 N–H and O–H groups in total. The van der Waals surface area contributed by atoms with Crippen molar-refractivity contribution in [3.8, 4) is 0 Å². The topological polar surface area (TPSA) is 149 Å². The molecule has 0 heterocycles. The maximum absolute atomic E-state index is 12.1. The highest BCUT2D eigenvalue weighted by Gasteiger charge is 2.26. The zero-order chi connectivity index (χ0) is 36.3. The van der Waals surface area contributed by atoms with Crippen LogP contribution < -0.4 is 0 Å². The Bertz CT molecular complexity index is 796. The number of hydrogen-bond acceptors (Lipinski definition) is 9. The van der Waals surface area contributed by atoms with E-state index in [0.29, 0.717) is 6.42 Å². The maximum Gasteiger partial charge on any atom is 0.472 e. The number of carbonyl (C=O) groups is 2. The van der Waals surface area contributed by atoms with Crippen molar-refractivity contribution in [2.24, 2.45) is 0 Å². The second kappa shape index (κ2) is 35.4. The Hall–Kier alpha value is -1.03. The molecule has 0 radical (unpaired) electrons. The van der Waals surface area contributed by atoms with Crippen LogP contribution >= 0.6 is 7.82 Å². The normalized spacial score (nSPS) is 14.0. The Morgan fingerprint density at radius 1 is 0.571 bits per heavy atom. The zero-order valence-electron chi connectivity index (χ0n) is 31.4. The van der Waals surface area contributed by atoms with Gasteiger partial charge in [-0.15, -0.1) is 0 Å². The summed E-state index contributed by atoms with van der Waals surface area (Å²) in [6.07, 6.45) is 33.8. The summed E-state index contributed by atoms with van der Waals surface area (Å²) in [7, 11) is -4.56. The molecule has 0 aromatic carbocycles. The number of carbonyl (C=O) groups excluding carboxylic acids is 2. The molecule has 0 aliphatic rings. The molecule has 0 aliphatic carbocycles. The Kier molecular flexibility index (Phi) is 34.6. The van der Waals surface area contributed by atoms with Gasteiger partial charge in [0.25, 0.3) is 0 Å². The molecule has 0 amide bonds. The molecule has 0 fully saturated rings. The molecule has 0 spiro atoms. The molecule has 3 atom stereocenters. The number of ether oxygens (including phenoxy) is 2. The Morgan fingerprint density at radius 2 is 0.918 bits per heavy atom. The van der Waals surface area contributed by atoms with E-state index in [2.05, 4.69) is 11.4 Å². The van der Waals surface area contributed by atoms with E-state index >= 15 is 0 Å². The van der Waals surface area contributed by atoms with Crippen molar-refractivity contribution in [1.29, 1.82) is 0 Å². The number of unbranched alkanes of at least 4 members (excludes halogenated alkanes) is 26. The summed E-state index contributed by atoms with van der Waals surface area (Å²) < 4.78 is 31.3. The predicted octanol–water partition coefficient (Wildman–Crippen LogP) is 9.89. The summed E-state index contributed by atoms with van der Waals surface area (Å²) in [4.78, 5) is 33.1. The summed E-state index contributed by atoms with van der Waals surface area (Å²) in [6.45, 7) is 1.31. The highest BCUT2D eigenvalue weighted by molar-refractivity contribution is 7.47. The van der Waals surface area contributed by atoms with Gasteiger partial charge in [0.2, 0.25) is 0 Å². The molecule has 0 saturated heterocycles. The van der Waals surface area contributed by atoms with Gasteiger partial charge in [-0.2, -0.15) is 0 Å². The van der Waals surface area contributed by atoms with Gasteiger partial charge in [0, 0.05) is 13.3 Å². The Labute approximate surface area is 299 Å². The van der Waals surface area contributed by atoms with E-state index in [1.165, 1.54) is 154 Å². The van der Waals surface area contributed by atoms with Crippen molar-refractivity contribution in [3.63, 3.8) is 0 Å². The molecule has 0 aliphatic heterocycles. The molecule has 0 aromatic heterocycles. The van der Waals surface area contributed by atoms with Crippen molar-refractivity contribution in [2.75, 3.05) is 26.4 Å². The molecule has 0 saturated carbocycles. The molecular weight excluding hydrogens is 647 g/mol. The van der Waals surface area contributed by atoms with Gasteiger partial charge in [-0.3, -0.25) is 18.6 Å². The number of esters is 2. The van der Waals surface area contributed by atoms with Crippen LogP contribution in [0.15, 0.2) is 0 Å². The van der Waals surface area contributed by atoms with Crippen LogP contribution in [0.4, 0.5) is 0 Å². The average molecular weight is 723 g/mol. The van der Waals surface area contributed by atoms with Crippen LogP contribution in [0.5, 0.6) is 0 Å². The van der Waals surface area contributed by atoms with Crippen LogP contribution in [0.25, 0.3) is 0 Å². The number of phosphoric ester groups is 1. The maximum atomic E-state index is 12.1. The Morgan fingerprint density at radius 3 is 1.27 bits per heavy atom. The largest absolute Gasteiger partial charge is 0.472 e. The molecule has 292 valence electrons. The van der Waals surface area contributed by atoms with E-state index in [0.717, 1.165) is 19.8 Å². The number of rotatable bonds is 38. The van der Waals surface area contributed by atoms with Crippen LogP contribution in [0.3, 0.4) is 0 Å². The van der Waals surface area contributed by atoms with E-state index in [1.807, 2.05) is 0 Å². The van der Waals surface area contributed by atoms with Crippen molar-refractivity contribution >= 4 is 19.8 Å². The fourth-order valence-electron chi connectivity index (χ4n) is 5.82. The monoisotopic (exact) mass is 723 g/mol. The second-order valence-electron chi connectivity index (χ2n) is 13.8. The summed E-state index contributed by atoms with van der Waals surface area (Å²) in [5, 5.41) is 18.0. The molecular formula is C38H75O10P. The first-order valence-electron chi connectivity index (χ1n) is 19.9. The predicted molar refractivity (Wildman–Crippen MR) is 196 cm³/mol. The van der Waals surface area contributed by atoms with Gasteiger partial charge < -0.3 is 24.6 Å². The van der Waals surface area contributed by atoms with Gasteiger partial charge in [-0.1, -0.05) is 174 Å². The standard InChI is InChI=1S/C38H75O10P/c1-3-4-5-6-7-8-9-10-11-12-13-14-15-16-17-18-19-20-21-22-23-24-25-26-27-28-29-30-38(42)45-33-37(48-35(2)40)34-47-49(43,44)46-32-36(41)31-39/h36-37,39,41H,3-34H2,1-2H3,(H,43,44)/t36-,37+/m0/s1. The van der Waals surface area contributed by atoms with Gasteiger partial charge in [-0.05, 0) is 6.42 Å². The number of hydrogen-bond donors (Lipinski definition) is 3. The van der Waals surface area contributed by atoms with E-state index in [4.69, 9.17) is 19.1 Å². The summed E-state index contributed by atoms with van der Waals surface area (Å²) in [5.74, 6) is -1.11. The van der Waals surface area contributed by atoms with Crippen molar-refractivity contribution in [2.45, 2.75) is 206 Å². The molecule has 10 nitrogen and oxygen atoms in total. The lowest BCUT2D eigenvalue weighted by molar-refractivity contribution is -0.159. The van der Waals surface area contributed by atoms with Crippen LogP contribution in [-0.2, 0) is 32.7 Å². The lowest BCUT2D eigenvalue weighted by Gasteiger charge is -2.19. The quantitative estimate of drug-likeness (QED) is 0.0319. The van der Waals surface area contributed by atoms with Gasteiger partial charge >= 0.3 is 19.8 Å². The molecule has 49 heavy (non-hydrogen) atoms. The van der Waals surface area contributed by atoms with Gasteiger partial charge in [0.15, 0.2) is 6.10 Å². The zero-order valence-corrected chi connectivity index (χ0v) is 32.3. The van der Waals surface area contributed by atoms with Crippen LogP contribution in [0.1, 0.15) is 194 Å².